The predicted molar refractivity (Wildman–Crippen MR) is 98.5 cm³/mol. The standard InChI is InChI=1S/C19H14Br2O2/c20-16-11-15(12-17(21)18(16)22)19(23,13-7-3-1-4-8-13)14-9-5-2-6-10-14/h1-12,22-23H. The fourth-order valence-corrected chi connectivity index (χ4v) is 3.82. The van der Waals surface area contributed by atoms with Crippen molar-refractivity contribution in [2.75, 3.05) is 0 Å². The largest absolute Gasteiger partial charge is 0.506 e. The third kappa shape index (κ3) is 2.94. The average Bonchev–Trinajstić information content (AvgIpc) is 2.60. The van der Waals surface area contributed by atoms with Crippen molar-refractivity contribution in [3.05, 3.63) is 98.4 Å². The molecule has 0 aliphatic rings. The van der Waals surface area contributed by atoms with Gasteiger partial charge >= 0.3 is 0 Å². The van der Waals surface area contributed by atoms with Gasteiger partial charge in [0.15, 0.2) is 0 Å². The van der Waals surface area contributed by atoms with E-state index in [1.54, 1.807) is 12.1 Å². The van der Waals surface area contributed by atoms with Crippen molar-refractivity contribution >= 4 is 31.9 Å². The van der Waals surface area contributed by atoms with Crippen LogP contribution in [0.3, 0.4) is 0 Å². The Bertz CT molecular complexity index is 755. The van der Waals surface area contributed by atoms with Gasteiger partial charge < -0.3 is 10.2 Å². The molecule has 0 amide bonds. The van der Waals surface area contributed by atoms with Crippen LogP contribution in [-0.4, -0.2) is 10.2 Å². The number of rotatable bonds is 3. The topological polar surface area (TPSA) is 40.5 Å². The van der Waals surface area contributed by atoms with E-state index in [1.807, 2.05) is 60.7 Å². The lowest BCUT2D eigenvalue weighted by Gasteiger charge is -2.30. The summed E-state index contributed by atoms with van der Waals surface area (Å²) in [6, 6.07) is 22.4. The molecule has 23 heavy (non-hydrogen) atoms. The van der Waals surface area contributed by atoms with Gasteiger partial charge in [0.2, 0.25) is 0 Å². The number of hydrogen-bond donors (Lipinski definition) is 2. The van der Waals surface area contributed by atoms with Crippen molar-refractivity contribution in [1.82, 2.24) is 0 Å². The SMILES string of the molecule is Oc1c(Br)cc(C(O)(c2ccccc2)c2ccccc2)cc1Br. The first-order valence-electron chi connectivity index (χ1n) is 7.05. The molecule has 0 atom stereocenters. The molecule has 3 aromatic rings. The number of aromatic hydroxyl groups is 1. The van der Waals surface area contributed by atoms with Crippen LogP contribution in [-0.2, 0) is 5.60 Å². The van der Waals surface area contributed by atoms with Crippen molar-refractivity contribution in [2.24, 2.45) is 0 Å². The molecule has 0 saturated carbocycles. The number of halogens is 2. The van der Waals surface area contributed by atoms with Crippen LogP contribution in [0.15, 0.2) is 81.7 Å². The van der Waals surface area contributed by atoms with Crippen LogP contribution < -0.4 is 0 Å². The summed E-state index contributed by atoms with van der Waals surface area (Å²) in [5.41, 5.74) is 0.860. The van der Waals surface area contributed by atoms with Gasteiger partial charge in [-0.2, -0.15) is 0 Å². The van der Waals surface area contributed by atoms with Crippen LogP contribution in [0.4, 0.5) is 0 Å². The lowest BCUT2D eigenvalue weighted by atomic mass is 9.80. The van der Waals surface area contributed by atoms with Crippen molar-refractivity contribution in [3.63, 3.8) is 0 Å². The van der Waals surface area contributed by atoms with Gasteiger partial charge in [-0.05, 0) is 60.7 Å². The maximum Gasteiger partial charge on any atom is 0.143 e. The Hall–Kier alpha value is -1.62. The predicted octanol–water partition coefficient (Wildman–Crippen LogP) is 5.20. The monoisotopic (exact) mass is 432 g/mol. The summed E-state index contributed by atoms with van der Waals surface area (Å²) in [5, 5.41) is 21.6. The molecular formula is C19H14Br2O2. The van der Waals surface area contributed by atoms with Crippen molar-refractivity contribution in [1.29, 1.82) is 0 Å². The normalized spacial score (nSPS) is 11.4. The van der Waals surface area contributed by atoms with E-state index in [-0.39, 0.29) is 5.75 Å². The minimum absolute atomic E-state index is 0.109. The summed E-state index contributed by atoms with van der Waals surface area (Å²) >= 11 is 6.69. The first-order valence-corrected chi connectivity index (χ1v) is 8.64. The molecule has 0 spiro atoms. The number of benzene rings is 3. The average molecular weight is 434 g/mol. The number of phenolic OH excluding ortho intramolecular Hbond substituents is 1. The molecule has 116 valence electrons. The van der Waals surface area contributed by atoms with Gasteiger partial charge in [-0.25, -0.2) is 0 Å². The zero-order valence-corrected chi connectivity index (χ0v) is 15.3. The molecule has 0 aliphatic heterocycles. The van der Waals surface area contributed by atoms with Gasteiger partial charge in [0.05, 0.1) is 8.95 Å². The van der Waals surface area contributed by atoms with E-state index in [4.69, 9.17) is 0 Å². The molecule has 0 aromatic heterocycles. The Morgan fingerprint density at radius 2 is 1.04 bits per heavy atom. The fourth-order valence-electron chi connectivity index (χ4n) is 2.63. The molecule has 3 rings (SSSR count). The first-order chi connectivity index (χ1) is 11.0. The second-order valence-electron chi connectivity index (χ2n) is 5.23. The molecule has 2 N–H and O–H groups in total. The first kappa shape index (κ1) is 16.2. The summed E-state index contributed by atoms with van der Waals surface area (Å²) in [4.78, 5) is 0. The Balaban J connectivity index is 2.29. The number of phenols is 1. The zero-order chi connectivity index (χ0) is 16.4. The van der Waals surface area contributed by atoms with Crippen LogP contribution >= 0.6 is 31.9 Å². The van der Waals surface area contributed by atoms with E-state index >= 15 is 0 Å². The molecule has 2 nitrogen and oxygen atoms in total. The van der Waals surface area contributed by atoms with Crippen LogP contribution in [0.25, 0.3) is 0 Å². The van der Waals surface area contributed by atoms with E-state index in [9.17, 15) is 10.2 Å². The minimum Gasteiger partial charge on any atom is -0.506 e. The van der Waals surface area contributed by atoms with Crippen LogP contribution in [0, 0.1) is 0 Å². The van der Waals surface area contributed by atoms with Gasteiger partial charge in [0, 0.05) is 0 Å². The molecule has 3 aromatic carbocycles. The molecule has 0 aliphatic carbocycles. The van der Waals surface area contributed by atoms with E-state index in [1.165, 1.54) is 0 Å². The van der Waals surface area contributed by atoms with Crippen LogP contribution in [0.5, 0.6) is 5.75 Å². The highest BCUT2D eigenvalue weighted by Crippen LogP contribution is 2.42. The minimum atomic E-state index is -1.32. The highest BCUT2D eigenvalue weighted by Gasteiger charge is 2.34. The quantitative estimate of drug-likeness (QED) is 0.557. The van der Waals surface area contributed by atoms with Gasteiger partial charge in [-0.1, -0.05) is 60.7 Å². The van der Waals surface area contributed by atoms with E-state index < -0.39 is 5.60 Å². The smallest absolute Gasteiger partial charge is 0.143 e. The summed E-state index contributed by atoms with van der Waals surface area (Å²) in [6.45, 7) is 0. The fraction of sp³-hybridized carbons (Fsp3) is 0.0526. The molecule has 0 heterocycles. The Kier molecular flexibility index (Phi) is 4.57. The maximum atomic E-state index is 11.6. The molecule has 0 radical (unpaired) electrons. The maximum absolute atomic E-state index is 11.6. The highest BCUT2D eigenvalue weighted by atomic mass is 79.9. The van der Waals surface area contributed by atoms with Gasteiger partial charge in [0.1, 0.15) is 11.4 Å². The Labute approximate surface area is 151 Å². The molecule has 0 saturated heterocycles. The van der Waals surface area contributed by atoms with Gasteiger partial charge in [0.25, 0.3) is 0 Å². The lowest BCUT2D eigenvalue weighted by Crippen LogP contribution is -2.28. The second-order valence-corrected chi connectivity index (χ2v) is 6.94. The number of aliphatic hydroxyl groups is 1. The summed E-state index contributed by atoms with van der Waals surface area (Å²) in [5.74, 6) is 0.109. The van der Waals surface area contributed by atoms with Crippen molar-refractivity contribution < 1.29 is 10.2 Å². The van der Waals surface area contributed by atoms with Gasteiger partial charge in [-0.15, -0.1) is 0 Å². The Morgan fingerprint density at radius 3 is 1.43 bits per heavy atom. The third-order valence-electron chi connectivity index (χ3n) is 3.82. The molecular weight excluding hydrogens is 420 g/mol. The van der Waals surface area contributed by atoms with E-state index in [0.717, 1.165) is 11.1 Å². The summed E-state index contributed by atoms with van der Waals surface area (Å²) < 4.78 is 1.04. The summed E-state index contributed by atoms with van der Waals surface area (Å²) in [6.07, 6.45) is 0. The molecule has 0 unspecified atom stereocenters. The van der Waals surface area contributed by atoms with Crippen molar-refractivity contribution in [3.8, 4) is 5.75 Å². The lowest BCUT2D eigenvalue weighted by molar-refractivity contribution is 0.125. The van der Waals surface area contributed by atoms with Crippen LogP contribution in [0.2, 0.25) is 0 Å². The highest BCUT2D eigenvalue weighted by molar-refractivity contribution is 9.11. The van der Waals surface area contributed by atoms with Crippen LogP contribution in [0.1, 0.15) is 16.7 Å². The second kappa shape index (κ2) is 6.48. The van der Waals surface area contributed by atoms with Gasteiger partial charge in [-0.3, -0.25) is 0 Å². The molecule has 0 fully saturated rings. The number of hydrogen-bond acceptors (Lipinski definition) is 2. The zero-order valence-electron chi connectivity index (χ0n) is 12.1. The van der Waals surface area contributed by atoms with Crippen molar-refractivity contribution in [2.45, 2.75) is 5.60 Å². The Morgan fingerprint density at radius 1 is 0.652 bits per heavy atom. The molecule has 0 bridgehead atoms. The summed E-state index contributed by atoms with van der Waals surface area (Å²) in [7, 11) is 0. The van der Waals surface area contributed by atoms with E-state index in [0.29, 0.717) is 14.5 Å². The molecule has 4 heteroatoms. The van der Waals surface area contributed by atoms with E-state index in [2.05, 4.69) is 31.9 Å². The third-order valence-corrected chi connectivity index (χ3v) is 5.03.